The van der Waals surface area contributed by atoms with Gasteiger partial charge in [0, 0.05) is 31.2 Å². The Morgan fingerprint density at radius 3 is 2.88 bits per heavy atom. The Balaban J connectivity index is 1.51. The average Bonchev–Trinajstić information content (AvgIpc) is 3.11. The number of carbonyl (C=O) groups is 1. The molecule has 1 aromatic carbocycles. The van der Waals surface area contributed by atoms with E-state index in [-0.39, 0.29) is 5.91 Å². The van der Waals surface area contributed by atoms with Gasteiger partial charge in [0.05, 0.1) is 0 Å². The molecule has 1 N–H and O–H groups in total. The van der Waals surface area contributed by atoms with E-state index in [0.29, 0.717) is 12.2 Å². The fourth-order valence-electron chi connectivity index (χ4n) is 3.05. The first-order valence-corrected chi connectivity index (χ1v) is 8.31. The van der Waals surface area contributed by atoms with E-state index in [0.717, 1.165) is 24.3 Å². The second kappa shape index (κ2) is 6.73. The van der Waals surface area contributed by atoms with Crippen LogP contribution in [0, 0.1) is 0 Å². The Hall–Kier alpha value is -3.21. The van der Waals surface area contributed by atoms with Crippen molar-refractivity contribution in [2.75, 3.05) is 11.4 Å². The van der Waals surface area contributed by atoms with Crippen LogP contribution in [0.2, 0.25) is 0 Å². The Labute approximate surface area is 146 Å². The molecule has 0 radical (unpaired) electrons. The first kappa shape index (κ1) is 15.3. The fourth-order valence-corrected chi connectivity index (χ4v) is 3.05. The van der Waals surface area contributed by atoms with Crippen LogP contribution in [0.1, 0.15) is 21.6 Å². The summed E-state index contributed by atoms with van der Waals surface area (Å²) in [5.41, 5.74) is 3.87. The highest BCUT2D eigenvalue weighted by molar-refractivity contribution is 5.92. The summed E-state index contributed by atoms with van der Waals surface area (Å²) in [6.07, 6.45) is 4.45. The number of rotatable bonds is 4. The van der Waals surface area contributed by atoms with Crippen molar-refractivity contribution in [2.24, 2.45) is 0 Å². The number of para-hydroxylation sites is 1. The molecule has 0 saturated carbocycles. The van der Waals surface area contributed by atoms with Crippen LogP contribution >= 0.6 is 0 Å². The predicted octanol–water partition coefficient (Wildman–Crippen LogP) is 3.10. The van der Waals surface area contributed by atoms with Crippen molar-refractivity contribution in [3.05, 3.63) is 83.8 Å². The van der Waals surface area contributed by atoms with Crippen LogP contribution < -0.4 is 10.2 Å². The van der Waals surface area contributed by atoms with E-state index in [2.05, 4.69) is 38.4 Å². The average molecular weight is 330 g/mol. The van der Waals surface area contributed by atoms with E-state index >= 15 is 0 Å². The Morgan fingerprint density at radius 1 is 1.08 bits per heavy atom. The predicted molar refractivity (Wildman–Crippen MR) is 96.8 cm³/mol. The summed E-state index contributed by atoms with van der Waals surface area (Å²) in [5, 5.41) is 2.89. The normalized spacial score (nSPS) is 12.7. The zero-order chi connectivity index (χ0) is 17.1. The Morgan fingerprint density at radius 2 is 2.00 bits per heavy atom. The number of nitrogens with one attached hydrogen (secondary N) is 1. The SMILES string of the molecule is O=C(NCc1cccnc1)c1cccc(N2CCc3ccccc32)n1. The minimum Gasteiger partial charge on any atom is -0.347 e. The van der Waals surface area contributed by atoms with Crippen LogP contribution in [0.4, 0.5) is 11.5 Å². The third-order valence-corrected chi connectivity index (χ3v) is 4.31. The molecule has 0 unspecified atom stereocenters. The number of hydrogen-bond donors (Lipinski definition) is 1. The lowest BCUT2D eigenvalue weighted by Crippen LogP contribution is -2.25. The molecular weight excluding hydrogens is 312 g/mol. The molecule has 2 aromatic heterocycles. The van der Waals surface area contributed by atoms with Gasteiger partial charge in [0.1, 0.15) is 11.5 Å². The molecule has 124 valence electrons. The number of aromatic nitrogens is 2. The van der Waals surface area contributed by atoms with E-state index in [1.54, 1.807) is 18.5 Å². The lowest BCUT2D eigenvalue weighted by atomic mass is 10.2. The highest BCUT2D eigenvalue weighted by Crippen LogP contribution is 2.33. The van der Waals surface area contributed by atoms with Crippen molar-refractivity contribution < 1.29 is 4.79 Å². The third kappa shape index (κ3) is 3.21. The summed E-state index contributed by atoms with van der Waals surface area (Å²) in [6.45, 7) is 1.32. The van der Waals surface area contributed by atoms with Crippen LogP contribution in [0.3, 0.4) is 0 Å². The van der Waals surface area contributed by atoms with Gasteiger partial charge in [-0.3, -0.25) is 9.78 Å². The first-order valence-electron chi connectivity index (χ1n) is 8.31. The van der Waals surface area contributed by atoms with Gasteiger partial charge in [-0.15, -0.1) is 0 Å². The van der Waals surface area contributed by atoms with Crippen molar-refractivity contribution in [1.82, 2.24) is 15.3 Å². The molecule has 5 heteroatoms. The Kier molecular flexibility index (Phi) is 4.12. The molecule has 3 heterocycles. The number of amides is 1. The summed E-state index contributed by atoms with van der Waals surface area (Å²) >= 11 is 0. The first-order chi connectivity index (χ1) is 12.3. The van der Waals surface area contributed by atoms with Crippen LogP contribution in [-0.4, -0.2) is 22.4 Å². The van der Waals surface area contributed by atoms with Gasteiger partial charge in [0.2, 0.25) is 0 Å². The molecule has 0 atom stereocenters. The van der Waals surface area contributed by atoms with Gasteiger partial charge in [0.15, 0.2) is 0 Å². The zero-order valence-corrected chi connectivity index (χ0v) is 13.7. The van der Waals surface area contributed by atoms with E-state index < -0.39 is 0 Å². The van der Waals surface area contributed by atoms with Crippen molar-refractivity contribution in [1.29, 1.82) is 0 Å². The van der Waals surface area contributed by atoms with Crippen molar-refractivity contribution in [2.45, 2.75) is 13.0 Å². The molecule has 25 heavy (non-hydrogen) atoms. The quantitative estimate of drug-likeness (QED) is 0.798. The summed E-state index contributed by atoms with van der Waals surface area (Å²) in [6, 6.07) is 17.7. The van der Waals surface area contributed by atoms with Crippen LogP contribution in [0.25, 0.3) is 0 Å². The van der Waals surface area contributed by atoms with Gasteiger partial charge < -0.3 is 10.2 Å². The molecule has 4 rings (SSSR count). The maximum atomic E-state index is 12.4. The van der Waals surface area contributed by atoms with Gasteiger partial charge in [-0.1, -0.05) is 30.3 Å². The second-order valence-electron chi connectivity index (χ2n) is 5.96. The summed E-state index contributed by atoms with van der Waals surface area (Å²) < 4.78 is 0. The number of fused-ring (bicyclic) bond motifs is 1. The van der Waals surface area contributed by atoms with Gasteiger partial charge in [0.25, 0.3) is 5.91 Å². The molecule has 5 nitrogen and oxygen atoms in total. The van der Waals surface area contributed by atoms with E-state index in [1.165, 1.54) is 11.3 Å². The summed E-state index contributed by atoms with van der Waals surface area (Å²) in [7, 11) is 0. The molecule has 0 saturated heterocycles. The molecule has 3 aromatic rings. The molecular formula is C20H18N4O. The van der Waals surface area contributed by atoms with E-state index in [9.17, 15) is 4.79 Å². The smallest absolute Gasteiger partial charge is 0.270 e. The number of pyridine rings is 2. The molecule has 1 aliphatic heterocycles. The largest absolute Gasteiger partial charge is 0.347 e. The van der Waals surface area contributed by atoms with Gasteiger partial charge in [-0.2, -0.15) is 0 Å². The molecule has 1 aliphatic rings. The van der Waals surface area contributed by atoms with Crippen molar-refractivity contribution in [3.63, 3.8) is 0 Å². The number of anilines is 2. The minimum atomic E-state index is -0.182. The summed E-state index contributed by atoms with van der Waals surface area (Å²) in [5.74, 6) is 0.622. The minimum absolute atomic E-state index is 0.182. The van der Waals surface area contributed by atoms with Crippen LogP contribution in [0.5, 0.6) is 0 Å². The molecule has 0 spiro atoms. The van der Waals surface area contributed by atoms with Gasteiger partial charge >= 0.3 is 0 Å². The van der Waals surface area contributed by atoms with Crippen LogP contribution in [-0.2, 0) is 13.0 Å². The maximum Gasteiger partial charge on any atom is 0.270 e. The molecule has 0 bridgehead atoms. The topological polar surface area (TPSA) is 58.1 Å². The van der Waals surface area contributed by atoms with Crippen LogP contribution in [0.15, 0.2) is 67.0 Å². The molecule has 0 aliphatic carbocycles. The third-order valence-electron chi connectivity index (χ3n) is 4.31. The van der Waals surface area contributed by atoms with E-state index in [4.69, 9.17) is 0 Å². The van der Waals surface area contributed by atoms with Crippen molar-refractivity contribution >= 4 is 17.4 Å². The highest BCUT2D eigenvalue weighted by Gasteiger charge is 2.21. The Bertz CT molecular complexity index is 895. The standard InChI is InChI=1S/C20H18N4O/c25-20(22-14-15-5-4-11-21-13-15)17-7-3-9-19(23-17)24-12-10-16-6-1-2-8-18(16)24/h1-9,11,13H,10,12,14H2,(H,22,25). The second-order valence-corrected chi connectivity index (χ2v) is 5.96. The zero-order valence-electron chi connectivity index (χ0n) is 13.7. The highest BCUT2D eigenvalue weighted by atomic mass is 16.1. The number of benzene rings is 1. The fraction of sp³-hybridized carbons (Fsp3) is 0.150. The maximum absolute atomic E-state index is 12.4. The van der Waals surface area contributed by atoms with Gasteiger partial charge in [-0.05, 0) is 41.8 Å². The molecule has 1 amide bonds. The lowest BCUT2D eigenvalue weighted by molar-refractivity contribution is 0.0946. The van der Waals surface area contributed by atoms with Crippen molar-refractivity contribution in [3.8, 4) is 0 Å². The number of carbonyl (C=O) groups excluding carboxylic acids is 1. The lowest BCUT2D eigenvalue weighted by Gasteiger charge is -2.18. The van der Waals surface area contributed by atoms with Gasteiger partial charge in [-0.25, -0.2) is 4.98 Å². The number of hydrogen-bond acceptors (Lipinski definition) is 4. The number of nitrogens with zero attached hydrogens (tertiary/aromatic N) is 3. The summed E-state index contributed by atoms with van der Waals surface area (Å²) in [4.78, 5) is 23.2. The molecule has 0 fully saturated rings. The monoisotopic (exact) mass is 330 g/mol. The van der Waals surface area contributed by atoms with E-state index in [1.807, 2.05) is 30.3 Å².